The molecule has 5 heteroatoms. The van der Waals surface area contributed by atoms with Crippen LogP contribution in [-0.2, 0) is 4.74 Å². The molecule has 1 fully saturated rings. The van der Waals surface area contributed by atoms with Crippen LogP contribution in [0, 0.1) is 0 Å². The predicted molar refractivity (Wildman–Crippen MR) is 41.3 cm³/mol. The van der Waals surface area contributed by atoms with E-state index in [2.05, 4.69) is 4.74 Å². The van der Waals surface area contributed by atoms with Crippen molar-refractivity contribution >= 4 is 6.09 Å². The number of halogens is 1. The minimum absolute atomic E-state index is 0.567. The molecule has 0 saturated carbocycles. The fourth-order valence-electron chi connectivity index (χ4n) is 0.762. The second-order valence-corrected chi connectivity index (χ2v) is 2.98. The Morgan fingerprint density at radius 1 is 1.58 bits per heavy atom. The van der Waals surface area contributed by atoms with Crippen LogP contribution < -0.4 is 0 Å². The molecule has 0 aromatic rings. The van der Waals surface area contributed by atoms with Gasteiger partial charge in [0, 0.05) is 13.1 Å². The standard InChI is InChI=1S/C7H13FN2O2/c1-9(2)6(8)12-7(11)10-4-3-5-10/h6H,3-5H2,1-2H3. The van der Waals surface area contributed by atoms with Crippen LogP contribution in [0.25, 0.3) is 0 Å². The minimum Gasteiger partial charge on any atom is -0.400 e. The Bertz CT molecular complexity index is 171. The van der Waals surface area contributed by atoms with E-state index in [1.54, 1.807) is 0 Å². The van der Waals surface area contributed by atoms with Gasteiger partial charge >= 0.3 is 12.6 Å². The summed E-state index contributed by atoms with van der Waals surface area (Å²) in [5.41, 5.74) is 0. The van der Waals surface area contributed by atoms with Crippen molar-refractivity contribution in [1.82, 2.24) is 9.80 Å². The third kappa shape index (κ3) is 2.07. The molecule has 1 atom stereocenters. The van der Waals surface area contributed by atoms with Gasteiger partial charge < -0.3 is 9.64 Å². The Labute approximate surface area is 70.9 Å². The molecule has 4 nitrogen and oxygen atoms in total. The van der Waals surface area contributed by atoms with E-state index in [0.717, 1.165) is 6.42 Å². The number of nitrogens with zero attached hydrogens (tertiary/aromatic N) is 2. The van der Waals surface area contributed by atoms with Crippen LogP contribution in [0.2, 0.25) is 0 Å². The van der Waals surface area contributed by atoms with Crippen molar-refractivity contribution in [2.45, 2.75) is 12.9 Å². The summed E-state index contributed by atoms with van der Waals surface area (Å²) in [7, 11) is 3.02. The van der Waals surface area contributed by atoms with Crippen molar-refractivity contribution < 1.29 is 13.9 Å². The number of carbonyl (C=O) groups excluding carboxylic acids is 1. The molecule has 0 aromatic carbocycles. The van der Waals surface area contributed by atoms with Gasteiger partial charge in [0.25, 0.3) is 0 Å². The molecule has 1 unspecified atom stereocenters. The van der Waals surface area contributed by atoms with E-state index < -0.39 is 12.6 Å². The van der Waals surface area contributed by atoms with E-state index in [1.807, 2.05) is 0 Å². The lowest BCUT2D eigenvalue weighted by atomic mass is 10.2. The molecule has 12 heavy (non-hydrogen) atoms. The number of amides is 1. The van der Waals surface area contributed by atoms with Crippen LogP contribution in [-0.4, -0.2) is 49.6 Å². The first kappa shape index (κ1) is 9.25. The molecule has 0 spiro atoms. The molecular weight excluding hydrogens is 163 g/mol. The number of rotatable bonds is 2. The van der Waals surface area contributed by atoms with Gasteiger partial charge in [-0.15, -0.1) is 0 Å². The molecule has 0 radical (unpaired) electrons. The van der Waals surface area contributed by atoms with Gasteiger partial charge in [0.2, 0.25) is 0 Å². The van der Waals surface area contributed by atoms with Crippen LogP contribution >= 0.6 is 0 Å². The number of carbonyl (C=O) groups is 1. The van der Waals surface area contributed by atoms with Crippen molar-refractivity contribution in [2.24, 2.45) is 0 Å². The van der Waals surface area contributed by atoms with Crippen LogP contribution in [0.4, 0.5) is 9.18 Å². The van der Waals surface area contributed by atoms with Gasteiger partial charge in [0.1, 0.15) is 0 Å². The summed E-state index contributed by atoms with van der Waals surface area (Å²) in [5.74, 6) is 0. The van der Waals surface area contributed by atoms with Crippen molar-refractivity contribution in [3.63, 3.8) is 0 Å². The summed E-state index contributed by atoms with van der Waals surface area (Å²) in [4.78, 5) is 13.6. The van der Waals surface area contributed by atoms with Crippen LogP contribution in [0.3, 0.4) is 0 Å². The van der Waals surface area contributed by atoms with Gasteiger partial charge in [-0.05, 0) is 20.5 Å². The highest BCUT2D eigenvalue weighted by Gasteiger charge is 2.24. The molecule has 1 saturated heterocycles. The second kappa shape index (κ2) is 3.71. The third-order valence-electron chi connectivity index (χ3n) is 1.72. The maximum absolute atomic E-state index is 12.8. The van der Waals surface area contributed by atoms with Crippen LogP contribution in [0.5, 0.6) is 0 Å². The summed E-state index contributed by atoms with van der Waals surface area (Å²) in [6.07, 6.45) is 0.413. The highest BCUT2D eigenvalue weighted by Crippen LogP contribution is 2.09. The lowest BCUT2D eigenvalue weighted by molar-refractivity contribution is -0.0919. The van der Waals surface area contributed by atoms with Crippen molar-refractivity contribution in [3.05, 3.63) is 0 Å². The van der Waals surface area contributed by atoms with Crippen LogP contribution in [0.1, 0.15) is 6.42 Å². The summed E-state index contributed by atoms with van der Waals surface area (Å²) in [6, 6.07) is 0. The van der Waals surface area contributed by atoms with Gasteiger partial charge in [-0.3, -0.25) is 0 Å². The lowest BCUT2D eigenvalue weighted by Crippen LogP contribution is -2.44. The number of ether oxygens (including phenoxy) is 1. The first-order valence-electron chi connectivity index (χ1n) is 3.87. The highest BCUT2D eigenvalue weighted by molar-refractivity contribution is 5.68. The highest BCUT2D eigenvalue weighted by atomic mass is 19.1. The van der Waals surface area contributed by atoms with Crippen molar-refractivity contribution in [1.29, 1.82) is 0 Å². The zero-order chi connectivity index (χ0) is 9.14. The predicted octanol–water partition coefficient (Wildman–Crippen LogP) is 0.643. The van der Waals surface area contributed by atoms with E-state index in [0.29, 0.717) is 13.1 Å². The van der Waals surface area contributed by atoms with Gasteiger partial charge in [-0.2, -0.15) is 4.39 Å². The van der Waals surface area contributed by atoms with E-state index in [1.165, 1.54) is 23.9 Å². The fraction of sp³-hybridized carbons (Fsp3) is 0.857. The minimum atomic E-state index is -1.64. The summed E-state index contributed by atoms with van der Waals surface area (Å²) >= 11 is 0. The average molecular weight is 176 g/mol. The molecular formula is C7H13FN2O2. The van der Waals surface area contributed by atoms with Crippen LogP contribution in [0.15, 0.2) is 0 Å². The van der Waals surface area contributed by atoms with E-state index in [9.17, 15) is 9.18 Å². The molecule has 0 bridgehead atoms. The molecule has 1 aliphatic rings. The zero-order valence-corrected chi connectivity index (χ0v) is 7.29. The van der Waals surface area contributed by atoms with Gasteiger partial charge in [0.15, 0.2) is 0 Å². The first-order chi connectivity index (χ1) is 5.61. The topological polar surface area (TPSA) is 32.8 Å². The average Bonchev–Trinajstić information content (AvgIpc) is 1.82. The Morgan fingerprint density at radius 2 is 2.17 bits per heavy atom. The second-order valence-electron chi connectivity index (χ2n) is 2.98. The fourth-order valence-corrected chi connectivity index (χ4v) is 0.762. The first-order valence-corrected chi connectivity index (χ1v) is 3.87. The molecule has 1 aliphatic heterocycles. The SMILES string of the molecule is CN(C)C(F)OC(=O)N1CCC1. The lowest BCUT2D eigenvalue weighted by Gasteiger charge is -2.30. The monoisotopic (exact) mass is 176 g/mol. The Hall–Kier alpha value is -0.840. The van der Waals surface area contributed by atoms with Gasteiger partial charge in [0.05, 0.1) is 0 Å². The summed E-state index contributed by atoms with van der Waals surface area (Å²) in [5, 5.41) is 0. The largest absolute Gasteiger partial charge is 0.413 e. The Kier molecular flexibility index (Phi) is 2.86. The van der Waals surface area contributed by atoms with Crippen molar-refractivity contribution in [2.75, 3.05) is 27.2 Å². The molecule has 70 valence electrons. The summed E-state index contributed by atoms with van der Waals surface area (Å²) < 4.78 is 17.2. The zero-order valence-electron chi connectivity index (χ0n) is 7.29. The van der Waals surface area contributed by atoms with Gasteiger partial charge in [-0.1, -0.05) is 0 Å². The number of alkyl halides is 1. The normalized spacial score (nSPS) is 18.8. The maximum Gasteiger partial charge on any atom is 0.413 e. The van der Waals surface area contributed by atoms with E-state index >= 15 is 0 Å². The van der Waals surface area contributed by atoms with Crippen molar-refractivity contribution in [3.8, 4) is 0 Å². The third-order valence-corrected chi connectivity index (χ3v) is 1.72. The molecule has 1 amide bonds. The molecule has 0 aliphatic carbocycles. The Morgan fingerprint density at radius 3 is 2.50 bits per heavy atom. The smallest absolute Gasteiger partial charge is 0.400 e. The molecule has 0 N–H and O–H groups in total. The molecule has 1 heterocycles. The summed E-state index contributed by atoms with van der Waals surface area (Å²) in [6.45, 7) is -0.282. The molecule has 0 aromatic heterocycles. The Balaban J connectivity index is 2.25. The van der Waals surface area contributed by atoms with Gasteiger partial charge in [-0.25, -0.2) is 9.69 Å². The molecule has 1 rings (SSSR count). The van der Waals surface area contributed by atoms with E-state index in [4.69, 9.17) is 0 Å². The number of likely N-dealkylation sites (tertiary alicyclic amines) is 1. The quantitative estimate of drug-likeness (QED) is 0.457. The maximum atomic E-state index is 12.8. The number of hydrogen-bond donors (Lipinski definition) is 0. The van der Waals surface area contributed by atoms with E-state index in [-0.39, 0.29) is 0 Å². The number of hydrogen-bond acceptors (Lipinski definition) is 3.